The van der Waals surface area contributed by atoms with Gasteiger partial charge in [0.05, 0.1) is 11.1 Å². The Labute approximate surface area is 236 Å². The Balaban J connectivity index is 1.47. The number of aliphatic imine (C=N–C) groups is 1. The second kappa shape index (κ2) is 8.79. The van der Waals surface area contributed by atoms with Gasteiger partial charge in [0, 0.05) is 5.69 Å². The number of amidine groups is 1. The summed E-state index contributed by atoms with van der Waals surface area (Å²) in [7, 11) is 0. The average molecular weight is 519 g/mol. The molecule has 0 aliphatic carbocycles. The maximum absolute atomic E-state index is 5.00. The van der Waals surface area contributed by atoms with Crippen LogP contribution in [-0.2, 0) is 0 Å². The lowest BCUT2D eigenvalue weighted by atomic mass is 9.82. The summed E-state index contributed by atoms with van der Waals surface area (Å²) < 4.78 is 0. The first-order chi connectivity index (χ1) is 19.3. The van der Waals surface area contributed by atoms with Crippen molar-refractivity contribution in [1.29, 1.82) is 0 Å². The van der Waals surface area contributed by atoms with E-state index in [9.17, 15) is 0 Å². The number of rotatable bonds is 3. The molecule has 0 spiro atoms. The minimum Gasteiger partial charge on any atom is -0.322 e. The maximum Gasteiger partial charge on any atom is 0.102 e. The molecule has 1 aliphatic rings. The fraction of sp³-hybridized carbons (Fsp3) is 0.184. The van der Waals surface area contributed by atoms with E-state index in [1.807, 2.05) is 0 Å². The molecular weight excluding hydrogens is 484 g/mol. The molecule has 0 saturated carbocycles. The molecule has 7 rings (SSSR count). The van der Waals surface area contributed by atoms with Crippen molar-refractivity contribution in [3.63, 3.8) is 0 Å². The summed E-state index contributed by atoms with van der Waals surface area (Å²) in [5, 5.41) is 7.66. The van der Waals surface area contributed by atoms with Gasteiger partial charge in [-0.1, -0.05) is 103 Å². The molecule has 1 aliphatic heterocycles. The molecule has 0 fully saturated rings. The van der Waals surface area contributed by atoms with Crippen molar-refractivity contribution in [2.75, 3.05) is 4.90 Å². The lowest BCUT2D eigenvalue weighted by Gasteiger charge is -2.41. The van der Waals surface area contributed by atoms with Crippen molar-refractivity contribution >= 4 is 43.8 Å². The van der Waals surface area contributed by atoms with Crippen molar-refractivity contribution in [2.24, 2.45) is 4.99 Å². The Hall–Kier alpha value is -4.43. The van der Waals surface area contributed by atoms with E-state index in [-0.39, 0.29) is 11.1 Å². The lowest BCUT2D eigenvalue weighted by Crippen LogP contribution is -2.52. The van der Waals surface area contributed by atoms with E-state index in [4.69, 9.17) is 4.99 Å². The van der Waals surface area contributed by atoms with Crippen molar-refractivity contribution in [3.05, 3.63) is 115 Å². The van der Waals surface area contributed by atoms with Crippen molar-refractivity contribution in [1.82, 2.24) is 0 Å². The molecule has 0 radical (unpaired) electrons. The molecule has 6 aromatic rings. The molecule has 6 aromatic carbocycles. The summed E-state index contributed by atoms with van der Waals surface area (Å²) in [4.78, 5) is 7.38. The summed E-state index contributed by atoms with van der Waals surface area (Å²) >= 11 is 0. The van der Waals surface area contributed by atoms with Gasteiger partial charge in [-0.05, 0) is 101 Å². The number of anilines is 1. The monoisotopic (exact) mass is 518 g/mol. The Morgan fingerprint density at radius 1 is 0.525 bits per heavy atom. The van der Waals surface area contributed by atoms with Gasteiger partial charge in [-0.25, -0.2) is 0 Å². The number of hydrogen-bond donors (Lipinski definition) is 0. The third-order valence-electron chi connectivity index (χ3n) is 9.23. The van der Waals surface area contributed by atoms with Gasteiger partial charge in [0.2, 0.25) is 0 Å². The van der Waals surface area contributed by atoms with E-state index in [1.54, 1.807) is 0 Å². The zero-order valence-corrected chi connectivity index (χ0v) is 23.9. The summed E-state index contributed by atoms with van der Waals surface area (Å²) in [6, 6.07) is 42.2. The summed E-state index contributed by atoms with van der Waals surface area (Å²) in [6.45, 7) is 11.1. The van der Waals surface area contributed by atoms with Crippen LogP contribution >= 0.6 is 0 Å². The molecule has 2 heteroatoms. The standard InChI is InChI=1S/C38H34N2/c1-25-39-37(2,3)38(4,5)40(25)28-23-21-27(22-24-28)35-31-16-8-10-18-33(31)36(34-19-11-9-17-32(34)35)30-20-12-14-26-13-6-7-15-29(26)30/h6-24H,1-5H3. The topological polar surface area (TPSA) is 15.6 Å². The predicted molar refractivity (Wildman–Crippen MR) is 174 cm³/mol. The van der Waals surface area contributed by atoms with E-state index in [0.717, 1.165) is 5.84 Å². The van der Waals surface area contributed by atoms with Gasteiger partial charge in [0.1, 0.15) is 5.84 Å². The fourth-order valence-corrected chi connectivity index (χ4v) is 6.73. The lowest BCUT2D eigenvalue weighted by molar-refractivity contribution is 0.338. The van der Waals surface area contributed by atoms with Gasteiger partial charge in [0.25, 0.3) is 0 Å². The quantitative estimate of drug-likeness (QED) is 0.213. The minimum atomic E-state index is -0.153. The predicted octanol–water partition coefficient (Wildman–Crippen LogP) is 10.3. The molecule has 0 amide bonds. The van der Waals surface area contributed by atoms with E-state index in [2.05, 4.69) is 155 Å². The smallest absolute Gasteiger partial charge is 0.102 e. The largest absolute Gasteiger partial charge is 0.322 e. The third kappa shape index (κ3) is 3.52. The second-order valence-electron chi connectivity index (χ2n) is 12.0. The van der Waals surface area contributed by atoms with Crippen LogP contribution in [0.25, 0.3) is 54.6 Å². The number of hydrogen-bond acceptors (Lipinski definition) is 2. The Morgan fingerprint density at radius 2 is 1.02 bits per heavy atom. The number of nitrogens with zero attached hydrogens (tertiary/aromatic N) is 2. The molecule has 0 atom stereocenters. The summed E-state index contributed by atoms with van der Waals surface area (Å²) in [6.07, 6.45) is 0. The van der Waals surface area contributed by atoms with E-state index in [0.29, 0.717) is 0 Å². The van der Waals surface area contributed by atoms with Crippen LogP contribution in [0, 0.1) is 0 Å². The molecule has 0 saturated heterocycles. The van der Waals surface area contributed by atoms with Gasteiger partial charge in [-0.3, -0.25) is 4.99 Å². The molecule has 1 heterocycles. The maximum atomic E-state index is 5.00. The number of benzene rings is 6. The Kier molecular flexibility index (Phi) is 5.41. The Morgan fingerprint density at radius 3 is 1.57 bits per heavy atom. The fourth-order valence-electron chi connectivity index (χ4n) is 6.73. The molecule has 2 nitrogen and oxygen atoms in total. The van der Waals surface area contributed by atoms with Crippen molar-refractivity contribution in [3.8, 4) is 22.3 Å². The van der Waals surface area contributed by atoms with E-state index >= 15 is 0 Å². The van der Waals surface area contributed by atoms with Gasteiger partial charge in [-0.15, -0.1) is 0 Å². The van der Waals surface area contributed by atoms with Crippen molar-refractivity contribution in [2.45, 2.75) is 45.7 Å². The van der Waals surface area contributed by atoms with Crippen LogP contribution in [0.4, 0.5) is 5.69 Å². The Bertz CT molecular complexity index is 1900. The first-order valence-corrected chi connectivity index (χ1v) is 14.2. The highest BCUT2D eigenvalue weighted by Crippen LogP contribution is 2.46. The first kappa shape index (κ1) is 24.6. The van der Waals surface area contributed by atoms with Gasteiger partial charge >= 0.3 is 0 Å². The highest BCUT2D eigenvalue weighted by Gasteiger charge is 2.48. The molecule has 0 aromatic heterocycles. The van der Waals surface area contributed by atoms with Crippen LogP contribution in [-0.4, -0.2) is 16.9 Å². The average Bonchev–Trinajstić information content (AvgIpc) is 3.12. The van der Waals surface area contributed by atoms with Crippen LogP contribution < -0.4 is 4.90 Å². The molecule has 0 bridgehead atoms. The molecular formula is C38H34N2. The van der Waals surface area contributed by atoms with Crippen LogP contribution in [0.15, 0.2) is 120 Å². The van der Waals surface area contributed by atoms with Gasteiger partial charge < -0.3 is 4.90 Å². The second-order valence-corrected chi connectivity index (χ2v) is 12.0. The van der Waals surface area contributed by atoms with Crippen LogP contribution in [0.2, 0.25) is 0 Å². The molecule has 40 heavy (non-hydrogen) atoms. The highest BCUT2D eigenvalue weighted by molar-refractivity contribution is 6.23. The van der Waals surface area contributed by atoms with Crippen LogP contribution in [0.5, 0.6) is 0 Å². The first-order valence-electron chi connectivity index (χ1n) is 14.2. The van der Waals surface area contributed by atoms with Gasteiger partial charge in [-0.2, -0.15) is 0 Å². The molecule has 0 N–H and O–H groups in total. The summed E-state index contributed by atoms with van der Waals surface area (Å²) in [5.41, 5.74) is 6.01. The third-order valence-corrected chi connectivity index (χ3v) is 9.23. The SMILES string of the molecule is CC1=NC(C)(C)C(C)(C)N1c1ccc(-c2c3ccccc3c(-c3cccc4ccccc34)c3ccccc23)cc1. The zero-order chi connectivity index (χ0) is 27.6. The van der Waals surface area contributed by atoms with Crippen LogP contribution in [0.1, 0.15) is 34.6 Å². The molecule has 196 valence electrons. The van der Waals surface area contributed by atoms with E-state index < -0.39 is 0 Å². The summed E-state index contributed by atoms with van der Waals surface area (Å²) in [5.74, 6) is 1.07. The van der Waals surface area contributed by atoms with E-state index in [1.165, 1.54) is 60.3 Å². The zero-order valence-electron chi connectivity index (χ0n) is 23.9. The van der Waals surface area contributed by atoms with Gasteiger partial charge in [0.15, 0.2) is 0 Å². The minimum absolute atomic E-state index is 0.113. The highest BCUT2D eigenvalue weighted by atomic mass is 15.3. The molecule has 0 unspecified atom stereocenters. The number of fused-ring (bicyclic) bond motifs is 3. The normalized spacial score (nSPS) is 16.1. The van der Waals surface area contributed by atoms with Crippen molar-refractivity contribution < 1.29 is 0 Å². The van der Waals surface area contributed by atoms with Crippen LogP contribution in [0.3, 0.4) is 0 Å².